The highest BCUT2D eigenvalue weighted by molar-refractivity contribution is 6.30. The standard InChI is InChI=1S/C19H18ClNO4/c1-11-7-14(25-10-18(22)23)5-6-17(11)21-19(24)16-9-15(16)12-3-2-4-13(20)8-12/h2-8,15-16H,9-10H2,1H3,(H,21,24)(H,22,23). The van der Waals surface area contributed by atoms with Crippen molar-refractivity contribution in [2.24, 2.45) is 5.92 Å². The highest BCUT2D eigenvalue weighted by Gasteiger charge is 2.44. The average molecular weight is 360 g/mol. The van der Waals surface area contributed by atoms with Gasteiger partial charge in [0.05, 0.1) is 0 Å². The van der Waals surface area contributed by atoms with Crippen molar-refractivity contribution >= 4 is 29.2 Å². The smallest absolute Gasteiger partial charge is 0.341 e. The second kappa shape index (κ2) is 7.15. The number of anilines is 1. The first kappa shape index (κ1) is 17.3. The molecule has 5 nitrogen and oxygen atoms in total. The maximum atomic E-state index is 12.4. The molecule has 0 aliphatic heterocycles. The molecule has 1 aliphatic rings. The van der Waals surface area contributed by atoms with Crippen molar-refractivity contribution in [3.8, 4) is 5.75 Å². The zero-order valence-corrected chi connectivity index (χ0v) is 14.4. The number of carboxylic acid groups (broad SMARTS) is 1. The lowest BCUT2D eigenvalue weighted by atomic mass is 10.1. The minimum atomic E-state index is -1.03. The number of benzene rings is 2. The van der Waals surface area contributed by atoms with Gasteiger partial charge in [-0.25, -0.2) is 4.79 Å². The number of carbonyl (C=O) groups excluding carboxylic acids is 1. The molecule has 1 saturated carbocycles. The fraction of sp³-hybridized carbons (Fsp3) is 0.263. The normalized spacial score (nSPS) is 18.5. The first-order valence-corrected chi connectivity index (χ1v) is 8.33. The van der Waals surface area contributed by atoms with E-state index >= 15 is 0 Å². The van der Waals surface area contributed by atoms with Crippen LogP contribution in [0.5, 0.6) is 5.75 Å². The monoisotopic (exact) mass is 359 g/mol. The van der Waals surface area contributed by atoms with Gasteiger partial charge in [-0.3, -0.25) is 4.79 Å². The lowest BCUT2D eigenvalue weighted by molar-refractivity contribution is -0.139. The number of hydrogen-bond acceptors (Lipinski definition) is 3. The van der Waals surface area contributed by atoms with Crippen LogP contribution in [0.4, 0.5) is 5.69 Å². The second-order valence-corrected chi connectivity index (χ2v) is 6.59. The third kappa shape index (κ3) is 4.31. The predicted octanol–water partition coefficient (Wildman–Crippen LogP) is 3.85. The summed E-state index contributed by atoms with van der Waals surface area (Å²) in [5.74, 6) is -0.442. The third-order valence-corrected chi connectivity index (χ3v) is 4.46. The van der Waals surface area contributed by atoms with Crippen molar-refractivity contribution in [2.45, 2.75) is 19.3 Å². The van der Waals surface area contributed by atoms with E-state index in [1.807, 2.05) is 31.2 Å². The number of halogens is 1. The Balaban J connectivity index is 1.61. The third-order valence-electron chi connectivity index (χ3n) is 4.22. The fourth-order valence-corrected chi connectivity index (χ4v) is 3.03. The van der Waals surface area contributed by atoms with Crippen LogP contribution in [-0.2, 0) is 9.59 Å². The van der Waals surface area contributed by atoms with Crippen molar-refractivity contribution in [3.63, 3.8) is 0 Å². The summed E-state index contributed by atoms with van der Waals surface area (Å²) in [6.45, 7) is 1.44. The molecule has 0 spiro atoms. The van der Waals surface area contributed by atoms with Gasteiger partial charge >= 0.3 is 5.97 Å². The molecule has 1 aliphatic carbocycles. The maximum Gasteiger partial charge on any atom is 0.341 e. The molecule has 2 atom stereocenters. The van der Waals surface area contributed by atoms with Gasteiger partial charge in [0.25, 0.3) is 0 Å². The largest absolute Gasteiger partial charge is 0.482 e. The molecule has 25 heavy (non-hydrogen) atoms. The van der Waals surface area contributed by atoms with E-state index in [0.29, 0.717) is 16.5 Å². The number of carbonyl (C=O) groups is 2. The number of rotatable bonds is 6. The predicted molar refractivity (Wildman–Crippen MR) is 95.2 cm³/mol. The molecule has 1 fully saturated rings. The minimum Gasteiger partial charge on any atom is -0.482 e. The molecular weight excluding hydrogens is 342 g/mol. The number of hydrogen-bond donors (Lipinski definition) is 2. The fourth-order valence-electron chi connectivity index (χ4n) is 2.83. The lowest BCUT2D eigenvalue weighted by Gasteiger charge is -2.11. The van der Waals surface area contributed by atoms with Gasteiger partial charge in [-0.1, -0.05) is 23.7 Å². The van der Waals surface area contributed by atoms with Gasteiger partial charge < -0.3 is 15.2 Å². The van der Waals surface area contributed by atoms with Crippen LogP contribution in [0.2, 0.25) is 5.02 Å². The summed E-state index contributed by atoms with van der Waals surface area (Å²) in [6.07, 6.45) is 0.811. The number of amides is 1. The molecule has 3 rings (SSSR count). The molecule has 2 unspecified atom stereocenters. The number of nitrogens with one attached hydrogen (secondary N) is 1. The van der Waals surface area contributed by atoms with Gasteiger partial charge in [-0.05, 0) is 60.7 Å². The first-order valence-electron chi connectivity index (χ1n) is 7.95. The van der Waals surface area contributed by atoms with E-state index < -0.39 is 12.6 Å². The Morgan fingerprint density at radius 3 is 2.76 bits per heavy atom. The Morgan fingerprint density at radius 1 is 1.28 bits per heavy atom. The van der Waals surface area contributed by atoms with Crippen molar-refractivity contribution in [3.05, 3.63) is 58.6 Å². The molecule has 0 saturated heterocycles. The van der Waals surface area contributed by atoms with Crippen LogP contribution in [0.3, 0.4) is 0 Å². The quantitative estimate of drug-likeness (QED) is 0.821. The van der Waals surface area contributed by atoms with Gasteiger partial charge in [0.2, 0.25) is 5.91 Å². The Bertz CT molecular complexity index is 821. The summed E-state index contributed by atoms with van der Waals surface area (Å²) < 4.78 is 5.13. The van der Waals surface area contributed by atoms with E-state index in [2.05, 4.69) is 5.32 Å². The summed E-state index contributed by atoms with van der Waals surface area (Å²) in [5, 5.41) is 12.2. The van der Waals surface area contributed by atoms with Crippen molar-refractivity contribution in [1.29, 1.82) is 0 Å². The van der Waals surface area contributed by atoms with Crippen LogP contribution >= 0.6 is 11.6 Å². The molecule has 0 heterocycles. The van der Waals surface area contributed by atoms with Crippen LogP contribution in [-0.4, -0.2) is 23.6 Å². The van der Waals surface area contributed by atoms with Gasteiger partial charge in [0, 0.05) is 16.6 Å². The number of aryl methyl sites for hydroxylation is 1. The Morgan fingerprint density at radius 2 is 2.08 bits per heavy atom. The van der Waals surface area contributed by atoms with Crippen molar-refractivity contribution in [2.75, 3.05) is 11.9 Å². The summed E-state index contributed by atoms with van der Waals surface area (Å²) >= 11 is 6.01. The van der Waals surface area contributed by atoms with E-state index in [9.17, 15) is 9.59 Å². The number of ether oxygens (including phenoxy) is 1. The van der Waals surface area contributed by atoms with Crippen LogP contribution in [0.15, 0.2) is 42.5 Å². The molecule has 6 heteroatoms. The topological polar surface area (TPSA) is 75.6 Å². The molecule has 1 amide bonds. The summed E-state index contributed by atoms with van der Waals surface area (Å²) in [7, 11) is 0. The van der Waals surface area contributed by atoms with Gasteiger partial charge in [-0.15, -0.1) is 0 Å². The summed E-state index contributed by atoms with van der Waals surface area (Å²) in [6, 6.07) is 12.7. The molecule has 0 aromatic heterocycles. The van der Waals surface area contributed by atoms with Crippen LogP contribution in [0, 0.1) is 12.8 Å². The molecule has 2 N–H and O–H groups in total. The maximum absolute atomic E-state index is 12.4. The zero-order chi connectivity index (χ0) is 18.0. The first-order chi connectivity index (χ1) is 11.9. The molecule has 2 aromatic rings. The Labute approximate surface area is 150 Å². The highest BCUT2D eigenvalue weighted by atomic mass is 35.5. The van der Waals surface area contributed by atoms with E-state index in [4.69, 9.17) is 21.4 Å². The average Bonchev–Trinajstić information content (AvgIpc) is 3.36. The lowest BCUT2D eigenvalue weighted by Crippen LogP contribution is -2.15. The highest BCUT2D eigenvalue weighted by Crippen LogP contribution is 2.48. The van der Waals surface area contributed by atoms with E-state index in [1.54, 1.807) is 18.2 Å². The van der Waals surface area contributed by atoms with Gasteiger partial charge in [-0.2, -0.15) is 0 Å². The van der Waals surface area contributed by atoms with Crippen molar-refractivity contribution in [1.82, 2.24) is 0 Å². The minimum absolute atomic E-state index is 0.0210. The SMILES string of the molecule is Cc1cc(OCC(=O)O)ccc1NC(=O)C1CC1c1cccc(Cl)c1. The molecule has 0 radical (unpaired) electrons. The van der Waals surface area contributed by atoms with Crippen LogP contribution in [0.25, 0.3) is 0 Å². The van der Waals surface area contributed by atoms with E-state index in [1.165, 1.54) is 0 Å². The Kier molecular flexibility index (Phi) is 4.95. The van der Waals surface area contributed by atoms with E-state index in [-0.39, 0.29) is 17.7 Å². The van der Waals surface area contributed by atoms with Gasteiger partial charge in [0.15, 0.2) is 6.61 Å². The summed E-state index contributed by atoms with van der Waals surface area (Å²) in [5.41, 5.74) is 2.60. The Hall–Kier alpha value is -2.53. The second-order valence-electron chi connectivity index (χ2n) is 6.15. The van der Waals surface area contributed by atoms with Crippen molar-refractivity contribution < 1.29 is 19.4 Å². The molecule has 0 bridgehead atoms. The molecule has 130 valence electrons. The molecular formula is C19H18ClNO4. The van der Waals surface area contributed by atoms with Crippen LogP contribution in [0.1, 0.15) is 23.5 Å². The van der Waals surface area contributed by atoms with Crippen LogP contribution < -0.4 is 10.1 Å². The van der Waals surface area contributed by atoms with Gasteiger partial charge in [0.1, 0.15) is 5.75 Å². The summed E-state index contributed by atoms with van der Waals surface area (Å²) in [4.78, 5) is 23.0. The molecule has 2 aromatic carbocycles. The number of aliphatic carboxylic acids is 1. The number of carboxylic acids is 1. The zero-order valence-electron chi connectivity index (χ0n) is 13.7. The van der Waals surface area contributed by atoms with E-state index in [0.717, 1.165) is 17.5 Å².